The van der Waals surface area contributed by atoms with E-state index >= 15 is 0 Å². The maximum atomic E-state index is 3.49. The molecular formula is C19H31ClN2. The third-order valence-corrected chi connectivity index (χ3v) is 5.30. The third-order valence-electron chi connectivity index (χ3n) is 5.30. The molecule has 1 saturated heterocycles. The van der Waals surface area contributed by atoms with Crippen LogP contribution in [0.4, 0.5) is 0 Å². The van der Waals surface area contributed by atoms with E-state index in [4.69, 9.17) is 0 Å². The summed E-state index contributed by atoms with van der Waals surface area (Å²) in [4.78, 5) is 2.81. The molecule has 0 aromatic heterocycles. The minimum Gasteiger partial charge on any atom is -0.317 e. The zero-order valence-corrected chi connectivity index (χ0v) is 14.7. The molecule has 2 aliphatic rings. The van der Waals surface area contributed by atoms with Crippen molar-refractivity contribution in [2.24, 2.45) is 5.92 Å². The molecule has 1 aromatic rings. The molecule has 0 bridgehead atoms. The van der Waals surface area contributed by atoms with Crippen LogP contribution in [-0.4, -0.2) is 37.1 Å². The number of nitrogens with one attached hydrogen (secondary N) is 1. The second kappa shape index (κ2) is 8.90. The standard InChI is InChI=1S/C19H30N2.ClH/c1-2-13-21(15-16-9-11-20-12-10-16)19-8-7-17-5-3-4-6-18(17)14-19;/h3-6,16,19-20H,2,7-15H2,1H3;1H. The van der Waals surface area contributed by atoms with Crippen LogP contribution in [0.2, 0.25) is 0 Å². The largest absolute Gasteiger partial charge is 0.317 e. The van der Waals surface area contributed by atoms with Crippen molar-refractivity contribution in [3.8, 4) is 0 Å². The van der Waals surface area contributed by atoms with Crippen molar-refractivity contribution in [3.05, 3.63) is 35.4 Å². The summed E-state index contributed by atoms with van der Waals surface area (Å²) >= 11 is 0. The van der Waals surface area contributed by atoms with Crippen LogP contribution >= 0.6 is 12.4 Å². The predicted molar refractivity (Wildman–Crippen MR) is 97.0 cm³/mol. The highest BCUT2D eigenvalue weighted by Crippen LogP contribution is 2.26. The van der Waals surface area contributed by atoms with E-state index in [1.807, 2.05) is 0 Å². The average molecular weight is 323 g/mol. The van der Waals surface area contributed by atoms with E-state index < -0.39 is 0 Å². The zero-order valence-electron chi connectivity index (χ0n) is 13.9. The van der Waals surface area contributed by atoms with Crippen molar-refractivity contribution >= 4 is 12.4 Å². The quantitative estimate of drug-likeness (QED) is 0.889. The summed E-state index contributed by atoms with van der Waals surface area (Å²) in [5.74, 6) is 0.912. The Kier molecular flexibility index (Phi) is 7.20. The Balaban J connectivity index is 0.00000176. The van der Waals surface area contributed by atoms with Gasteiger partial charge in [-0.1, -0.05) is 31.2 Å². The van der Waals surface area contributed by atoms with E-state index in [1.54, 1.807) is 11.1 Å². The monoisotopic (exact) mass is 322 g/mol. The Bertz CT molecular complexity index is 443. The lowest BCUT2D eigenvalue weighted by atomic mass is 9.86. The molecule has 0 radical (unpaired) electrons. The molecule has 0 spiro atoms. The normalized spacial score (nSPS) is 22.2. The molecule has 3 rings (SSSR count). The van der Waals surface area contributed by atoms with Gasteiger partial charge in [0.05, 0.1) is 0 Å². The van der Waals surface area contributed by atoms with Gasteiger partial charge in [0.25, 0.3) is 0 Å². The molecule has 3 heteroatoms. The SMILES string of the molecule is CCCN(CC1CCNCC1)C1CCc2ccccc2C1.Cl. The van der Waals surface area contributed by atoms with E-state index in [0.29, 0.717) is 0 Å². The molecule has 1 unspecified atom stereocenters. The van der Waals surface area contributed by atoms with Gasteiger partial charge >= 0.3 is 0 Å². The molecule has 1 aliphatic carbocycles. The topological polar surface area (TPSA) is 15.3 Å². The van der Waals surface area contributed by atoms with Crippen molar-refractivity contribution in [1.29, 1.82) is 0 Å². The van der Waals surface area contributed by atoms with Crippen LogP contribution in [0.15, 0.2) is 24.3 Å². The van der Waals surface area contributed by atoms with Gasteiger partial charge in [-0.15, -0.1) is 12.4 Å². The lowest BCUT2D eigenvalue weighted by Crippen LogP contribution is -2.44. The number of benzene rings is 1. The fourth-order valence-corrected chi connectivity index (χ4v) is 4.10. The molecule has 1 N–H and O–H groups in total. The minimum atomic E-state index is 0. The Morgan fingerprint density at radius 2 is 1.82 bits per heavy atom. The third kappa shape index (κ3) is 4.47. The summed E-state index contributed by atoms with van der Waals surface area (Å²) < 4.78 is 0. The van der Waals surface area contributed by atoms with Gasteiger partial charge in [0.2, 0.25) is 0 Å². The predicted octanol–water partition coefficient (Wildman–Crippen LogP) is 3.68. The van der Waals surface area contributed by atoms with Gasteiger partial charge in [-0.25, -0.2) is 0 Å². The molecule has 1 aromatic carbocycles. The van der Waals surface area contributed by atoms with Crippen molar-refractivity contribution in [2.75, 3.05) is 26.2 Å². The number of nitrogens with zero attached hydrogens (tertiary/aromatic N) is 1. The second-order valence-electron chi connectivity index (χ2n) is 6.85. The molecule has 22 heavy (non-hydrogen) atoms. The molecule has 2 nitrogen and oxygen atoms in total. The van der Waals surface area contributed by atoms with E-state index in [1.165, 1.54) is 64.7 Å². The molecular weight excluding hydrogens is 292 g/mol. The van der Waals surface area contributed by atoms with Crippen LogP contribution in [0, 0.1) is 5.92 Å². The van der Waals surface area contributed by atoms with Gasteiger partial charge in [-0.2, -0.15) is 0 Å². The molecule has 0 amide bonds. The average Bonchev–Trinajstić information content (AvgIpc) is 2.55. The van der Waals surface area contributed by atoms with Gasteiger partial charge in [-0.05, 0) is 75.2 Å². The van der Waals surface area contributed by atoms with Gasteiger partial charge in [0, 0.05) is 12.6 Å². The first-order valence-corrected chi connectivity index (χ1v) is 8.88. The lowest BCUT2D eigenvalue weighted by molar-refractivity contribution is 0.140. The minimum absolute atomic E-state index is 0. The van der Waals surface area contributed by atoms with Gasteiger partial charge in [0.1, 0.15) is 0 Å². The summed E-state index contributed by atoms with van der Waals surface area (Å²) in [6.45, 7) is 7.36. The number of piperidine rings is 1. The van der Waals surface area contributed by atoms with E-state index in [2.05, 4.69) is 41.4 Å². The van der Waals surface area contributed by atoms with Crippen LogP contribution in [-0.2, 0) is 12.8 Å². The summed E-state index contributed by atoms with van der Waals surface area (Å²) in [5, 5.41) is 3.49. The number of hydrogen-bond acceptors (Lipinski definition) is 2. The molecule has 1 aliphatic heterocycles. The van der Waals surface area contributed by atoms with Gasteiger partial charge in [0.15, 0.2) is 0 Å². The highest BCUT2D eigenvalue weighted by molar-refractivity contribution is 5.85. The maximum absolute atomic E-state index is 3.49. The Morgan fingerprint density at radius 1 is 1.09 bits per heavy atom. The number of fused-ring (bicyclic) bond motifs is 1. The van der Waals surface area contributed by atoms with Gasteiger partial charge < -0.3 is 5.32 Å². The number of aryl methyl sites for hydroxylation is 1. The fourth-order valence-electron chi connectivity index (χ4n) is 4.10. The van der Waals surface area contributed by atoms with E-state index in [0.717, 1.165) is 12.0 Å². The van der Waals surface area contributed by atoms with Crippen molar-refractivity contribution in [1.82, 2.24) is 10.2 Å². The lowest BCUT2D eigenvalue weighted by Gasteiger charge is -2.38. The molecule has 0 saturated carbocycles. The van der Waals surface area contributed by atoms with Crippen LogP contribution in [0.5, 0.6) is 0 Å². The van der Waals surface area contributed by atoms with Crippen molar-refractivity contribution in [3.63, 3.8) is 0 Å². The zero-order chi connectivity index (χ0) is 14.5. The van der Waals surface area contributed by atoms with E-state index in [9.17, 15) is 0 Å². The van der Waals surface area contributed by atoms with Gasteiger partial charge in [-0.3, -0.25) is 4.90 Å². The van der Waals surface area contributed by atoms with Crippen molar-refractivity contribution < 1.29 is 0 Å². The summed E-state index contributed by atoms with van der Waals surface area (Å²) in [7, 11) is 0. The fraction of sp³-hybridized carbons (Fsp3) is 0.684. The maximum Gasteiger partial charge on any atom is 0.0139 e. The number of rotatable bonds is 5. The first-order valence-electron chi connectivity index (χ1n) is 8.88. The van der Waals surface area contributed by atoms with Crippen LogP contribution in [0.25, 0.3) is 0 Å². The molecule has 124 valence electrons. The Labute approximate surface area is 142 Å². The van der Waals surface area contributed by atoms with Crippen molar-refractivity contribution in [2.45, 2.75) is 51.5 Å². The van der Waals surface area contributed by atoms with Crippen LogP contribution < -0.4 is 5.32 Å². The number of halogens is 1. The summed E-state index contributed by atoms with van der Waals surface area (Å²) in [6.07, 6.45) is 7.90. The highest BCUT2D eigenvalue weighted by Gasteiger charge is 2.26. The Hall–Kier alpha value is -0.570. The summed E-state index contributed by atoms with van der Waals surface area (Å²) in [6, 6.07) is 9.84. The number of hydrogen-bond donors (Lipinski definition) is 1. The van der Waals surface area contributed by atoms with E-state index in [-0.39, 0.29) is 12.4 Å². The first kappa shape index (κ1) is 17.8. The van der Waals surface area contributed by atoms with Crippen LogP contribution in [0.1, 0.15) is 43.7 Å². The first-order chi connectivity index (χ1) is 10.4. The molecule has 1 fully saturated rings. The second-order valence-corrected chi connectivity index (χ2v) is 6.85. The molecule has 1 atom stereocenters. The highest BCUT2D eigenvalue weighted by atomic mass is 35.5. The van der Waals surface area contributed by atoms with Crippen LogP contribution in [0.3, 0.4) is 0 Å². The smallest absolute Gasteiger partial charge is 0.0139 e. The Morgan fingerprint density at radius 3 is 2.55 bits per heavy atom. The summed E-state index contributed by atoms with van der Waals surface area (Å²) in [5.41, 5.74) is 3.19. The molecule has 1 heterocycles.